The van der Waals surface area contributed by atoms with Gasteiger partial charge >= 0.3 is 12.0 Å². The van der Waals surface area contributed by atoms with Crippen LogP contribution < -0.4 is 5.32 Å². The lowest BCUT2D eigenvalue weighted by Gasteiger charge is -2.18. The number of rotatable bonds is 5. The van der Waals surface area contributed by atoms with Crippen molar-refractivity contribution in [3.8, 4) is 0 Å². The number of urea groups is 1. The summed E-state index contributed by atoms with van der Waals surface area (Å²) in [4.78, 5) is 25.2. The highest BCUT2D eigenvalue weighted by Crippen LogP contribution is 2.20. The number of carbonyl (C=O) groups is 2. The number of hydrogen-bond donors (Lipinski definition) is 1. The molecule has 1 aromatic heterocycles. The highest BCUT2D eigenvalue weighted by molar-refractivity contribution is 5.99. The summed E-state index contributed by atoms with van der Waals surface area (Å²) in [6, 6.07) is -0.341. The maximum atomic E-state index is 11.9. The van der Waals surface area contributed by atoms with Crippen LogP contribution in [0.25, 0.3) is 0 Å². The Morgan fingerprint density at radius 3 is 2.47 bits per heavy atom. The summed E-state index contributed by atoms with van der Waals surface area (Å²) in [5.74, 6) is -0.538. The molecule has 0 aliphatic rings. The molecule has 1 heterocycles. The van der Waals surface area contributed by atoms with Crippen molar-refractivity contribution in [2.45, 2.75) is 27.7 Å². The molecule has 1 aromatic rings. The molecule has 2 amide bonds. The average Bonchev–Trinajstić information content (AvgIpc) is 2.72. The quantitative estimate of drug-likeness (QED) is 0.827. The van der Waals surface area contributed by atoms with Crippen LogP contribution >= 0.6 is 0 Å². The summed E-state index contributed by atoms with van der Waals surface area (Å²) in [6.45, 7) is 8.40. The first kappa shape index (κ1) is 15.0. The topological polar surface area (TPSA) is 84.7 Å². The molecule has 0 bridgehead atoms. The number of anilines is 1. The first-order chi connectivity index (χ1) is 9.04. The van der Waals surface area contributed by atoms with E-state index in [2.05, 4.69) is 10.5 Å². The van der Waals surface area contributed by atoms with Crippen molar-refractivity contribution in [3.05, 3.63) is 11.3 Å². The molecular formula is C12H19N3O4. The van der Waals surface area contributed by atoms with Crippen molar-refractivity contribution >= 4 is 17.9 Å². The number of aromatic nitrogens is 1. The van der Waals surface area contributed by atoms with Crippen molar-refractivity contribution in [1.29, 1.82) is 0 Å². The van der Waals surface area contributed by atoms with Gasteiger partial charge in [0.1, 0.15) is 5.56 Å². The molecule has 7 heteroatoms. The largest absolute Gasteiger partial charge is 0.462 e. The fraction of sp³-hybridized carbons (Fsp3) is 0.583. The molecular weight excluding hydrogens is 250 g/mol. The predicted octanol–water partition coefficient (Wildman–Crippen LogP) is 2.03. The number of esters is 1. The molecule has 0 spiro atoms. The highest BCUT2D eigenvalue weighted by Gasteiger charge is 2.24. The van der Waals surface area contributed by atoms with Crippen LogP contribution in [0, 0.1) is 6.92 Å². The zero-order valence-corrected chi connectivity index (χ0v) is 11.6. The second-order valence-corrected chi connectivity index (χ2v) is 3.80. The Morgan fingerprint density at radius 1 is 1.32 bits per heavy atom. The van der Waals surface area contributed by atoms with Crippen molar-refractivity contribution < 1.29 is 18.8 Å². The number of aryl methyl sites for hydroxylation is 1. The average molecular weight is 269 g/mol. The van der Waals surface area contributed by atoms with Gasteiger partial charge in [-0.2, -0.15) is 0 Å². The zero-order chi connectivity index (χ0) is 14.4. The van der Waals surface area contributed by atoms with Gasteiger partial charge < -0.3 is 14.2 Å². The van der Waals surface area contributed by atoms with Crippen molar-refractivity contribution in [2.75, 3.05) is 25.0 Å². The summed E-state index contributed by atoms with van der Waals surface area (Å²) in [7, 11) is 0. The van der Waals surface area contributed by atoms with E-state index in [0.717, 1.165) is 0 Å². The van der Waals surface area contributed by atoms with Gasteiger partial charge in [0.05, 0.1) is 12.3 Å². The second-order valence-electron chi connectivity index (χ2n) is 3.80. The minimum atomic E-state index is -0.559. The van der Waals surface area contributed by atoms with Crippen LogP contribution in [-0.4, -0.2) is 41.8 Å². The third-order valence-electron chi connectivity index (χ3n) is 2.61. The minimum Gasteiger partial charge on any atom is -0.462 e. The van der Waals surface area contributed by atoms with E-state index in [1.807, 2.05) is 13.8 Å². The molecule has 106 valence electrons. The molecule has 0 aromatic carbocycles. The number of hydrogen-bond acceptors (Lipinski definition) is 5. The van der Waals surface area contributed by atoms with Crippen LogP contribution in [0.15, 0.2) is 4.52 Å². The molecule has 0 unspecified atom stereocenters. The molecule has 1 rings (SSSR count). The van der Waals surface area contributed by atoms with Crippen LogP contribution in [0.5, 0.6) is 0 Å². The highest BCUT2D eigenvalue weighted by atomic mass is 16.5. The van der Waals surface area contributed by atoms with E-state index in [4.69, 9.17) is 9.26 Å². The van der Waals surface area contributed by atoms with Gasteiger partial charge in [-0.15, -0.1) is 0 Å². The maximum Gasteiger partial charge on any atom is 0.345 e. The fourth-order valence-corrected chi connectivity index (χ4v) is 1.59. The summed E-state index contributed by atoms with van der Waals surface area (Å²) in [6.07, 6.45) is 0. The Bertz CT molecular complexity index is 452. The standard InChI is InChI=1S/C12H19N3O4/c1-5-15(6-2)12(17)13-10-9(8(4)14-19-10)11(16)18-7-3/h5-7H2,1-4H3,(H,13,17). The zero-order valence-electron chi connectivity index (χ0n) is 11.6. The first-order valence-corrected chi connectivity index (χ1v) is 6.24. The molecule has 0 aliphatic heterocycles. The summed E-state index contributed by atoms with van der Waals surface area (Å²) in [5.41, 5.74) is 0.538. The molecule has 0 saturated carbocycles. The maximum absolute atomic E-state index is 11.9. The van der Waals surface area contributed by atoms with Crippen LogP contribution in [0.4, 0.5) is 10.7 Å². The number of ether oxygens (including phenoxy) is 1. The van der Waals surface area contributed by atoms with Gasteiger partial charge in [-0.3, -0.25) is 5.32 Å². The molecule has 0 saturated heterocycles. The van der Waals surface area contributed by atoms with E-state index in [1.165, 1.54) is 0 Å². The predicted molar refractivity (Wildman–Crippen MR) is 69.1 cm³/mol. The van der Waals surface area contributed by atoms with Gasteiger partial charge in [-0.1, -0.05) is 5.16 Å². The number of amides is 2. The van der Waals surface area contributed by atoms with Crippen molar-refractivity contribution in [2.24, 2.45) is 0 Å². The lowest BCUT2D eigenvalue weighted by molar-refractivity contribution is 0.0526. The van der Waals surface area contributed by atoms with E-state index >= 15 is 0 Å². The summed E-state index contributed by atoms with van der Waals surface area (Å²) >= 11 is 0. The smallest absolute Gasteiger partial charge is 0.345 e. The molecule has 0 radical (unpaired) electrons. The number of nitrogens with zero attached hydrogens (tertiary/aromatic N) is 2. The minimum absolute atomic E-state index is 0.0212. The summed E-state index contributed by atoms with van der Waals surface area (Å²) < 4.78 is 9.86. The summed E-state index contributed by atoms with van der Waals surface area (Å²) in [5, 5.41) is 6.20. The van der Waals surface area contributed by atoms with Crippen molar-refractivity contribution in [3.63, 3.8) is 0 Å². The van der Waals surface area contributed by atoms with E-state index in [1.54, 1.807) is 18.7 Å². The first-order valence-electron chi connectivity index (χ1n) is 6.24. The molecule has 7 nitrogen and oxygen atoms in total. The molecule has 1 N–H and O–H groups in total. The fourth-order valence-electron chi connectivity index (χ4n) is 1.59. The lowest BCUT2D eigenvalue weighted by atomic mass is 10.2. The molecule has 0 atom stereocenters. The van der Waals surface area contributed by atoms with Crippen molar-refractivity contribution in [1.82, 2.24) is 10.1 Å². The van der Waals surface area contributed by atoms with Gasteiger partial charge in [-0.25, -0.2) is 9.59 Å². The van der Waals surface area contributed by atoms with E-state index < -0.39 is 5.97 Å². The Morgan fingerprint density at radius 2 is 1.95 bits per heavy atom. The van der Waals surface area contributed by atoms with Gasteiger partial charge in [0, 0.05) is 13.1 Å². The third-order valence-corrected chi connectivity index (χ3v) is 2.61. The monoisotopic (exact) mass is 269 g/mol. The Balaban J connectivity index is 2.90. The van der Waals surface area contributed by atoms with Gasteiger partial charge in [0.2, 0.25) is 5.88 Å². The van der Waals surface area contributed by atoms with E-state index in [-0.39, 0.29) is 24.1 Å². The van der Waals surface area contributed by atoms with Gasteiger partial charge in [0.15, 0.2) is 0 Å². The normalized spacial score (nSPS) is 10.1. The van der Waals surface area contributed by atoms with E-state index in [9.17, 15) is 9.59 Å². The number of carbonyl (C=O) groups excluding carboxylic acids is 2. The van der Waals surface area contributed by atoms with Gasteiger partial charge in [0.25, 0.3) is 0 Å². The van der Waals surface area contributed by atoms with Crippen LogP contribution in [0.1, 0.15) is 36.8 Å². The molecule has 0 fully saturated rings. The Labute approximate surface area is 111 Å². The number of nitrogens with one attached hydrogen (secondary N) is 1. The van der Waals surface area contributed by atoms with Crippen LogP contribution in [-0.2, 0) is 4.74 Å². The molecule has 0 aliphatic carbocycles. The third kappa shape index (κ3) is 3.46. The lowest BCUT2D eigenvalue weighted by Crippen LogP contribution is -2.34. The van der Waals surface area contributed by atoms with E-state index in [0.29, 0.717) is 18.8 Å². The van der Waals surface area contributed by atoms with Crippen LogP contribution in [0.2, 0.25) is 0 Å². The molecule has 19 heavy (non-hydrogen) atoms. The second kappa shape index (κ2) is 6.77. The Hall–Kier alpha value is -2.05. The van der Waals surface area contributed by atoms with Gasteiger partial charge in [-0.05, 0) is 27.7 Å². The Kier molecular flexibility index (Phi) is 5.35. The SMILES string of the molecule is CCOC(=O)c1c(C)noc1NC(=O)N(CC)CC. The van der Waals surface area contributed by atoms with Crippen LogP contribution in [0.3, 0.4) is 0 Å².